The largest absolute Gasteiger partial charge is 0.508 e. The lowest BCUT2D eigenvalue weighted by molar-refractivity contribution is -0.277. The molecular weight excluding hydrogens is 1230 g/mol. The molecule has 7 amide bonds. The topological polar surface area (TPSA) is 500 Å². The number of fused-ring (bicyclic) bond motifs is 15. The van der Waals surface area contributed by atoms with Crippen LogP contribution in [0.4, 0.5) is 0 Å². The molecule has 32 heteroatoms. The number of aliphatic carboxylic acids is 1. The molecule has 478 valence electrons. The summed E-state index contributed by atoms with van der Waals surface area (Å²) in [4.78, 5) is 115. The number of carboxylic acids is 1. The highest BCUT2D eigenvalue weighted by Crippen LogP contribution is 2.49. The molecular formula is C58H60Cl2N8O22. The molecule has 0 aliphatic carbocycles. The summed E-state index contributed by atoms with van der Waals surface area (Å²) in [6.07, 6.45) is -15.1. The summed E-state index contributed by atoms with van der Waals surface area (Å²) < 4.78 is 24.8. The van der Waals surface area contributed by atoms with Crippen LogP contribution in [-0.2, 0) is 43.1 Å². The minimum absolute atomic E-state index is 0.0863. The van der Waals surface area contributed by atoms with Crippen molar-refractivity contribution in [1.29, 1.82) is 0 Å². The molecule has 11 rings (SSSR count). The number of primary amides is 1. The number of aromatic hydroxyl groups is 3. The number of hydrogen-bond donors (Lipinski definition) is 18. The number of rotatable bonds is 10. The number of carbonyl (C=O) groups excluding carboxylic acids is 7. The first kappa shape index (κ1) is 65.4. The van der Waals surface area contributed by atoms with Crippen molar-refractivity contribution in [2.75, 3.05) is 6.61 Å². The van der Waals surface area contributed by atoms with Crippen molar-refractivity contribution in [1.82, 2.24) is 31.9 Å². The van der Waals surface area contributed by atoms with Gasteiger partial charge in [-0.2, -0.15) is 0 Å². The third-order valence-corrected chi connectivity index (χ3v) is 15.7. The van der Waals surface area contributed by atoms with Gasteiger partial charge in [-0.05, 0) is 89.2 Å². The molecule has 0 aromatic heterocycles. The van der Waals surface area contributed by atoms with E-state index < -0.39 is 213 Å². The van der Waals surface area contributed by atoms with Crippen LogP contribution in [0.2, 0.25) is 10.0 Å². The molecule has 30 nitrogen and oxygen atoms in total. The first-order valence-corrected chi connectivity index (χ1v) is 28.2. The van der Waals surface area contributed by atoms with Gasteiger partial charge in [-0.25, -0.2) is 4.79 Å². The molecule has 1 saturated heterocycles. The molecule has 6 aliphatic heterocycles. The Morgan fingerprint density at radius 1 is 0.656 bits per heavy atom. The van der Waals surface area contributed by atoms with Crippen LogP contribution >= 0.6 is 23.2 Å². The highest BCUT2D eigenvalue weighted by atomic mass is 35.5. The van der Waals surface area contributed by atoms with Gasteiger partial charge in [-0.15, -0.1) is 0 Å². The summed E-state index contributed by atoms with van der Waals surface area (Å²) in [6.45, 7) is 2.56. The fourth-order valence-electron chi connectivity index (χ4n) is 10.5. The van der Waals surface area contributed by atoms with E-state index in [1.165, 1.54) is 6.07 Å². The Morgan fingerprint density at radius 2 is 1.24 bits per heavy atom. The Morgan fingerprint density at radius 3 is 1.83 bits per heavy atom. The van der Waals surface area contributed by atoms with E-state index in [-0.39, 0.29) is 39.8 Å². The maximum Gasteiger partial charge on any atom is 0.330 e. The van der Waals surface area contributed by atoms with E-state index in [2.05, 4.69) is 31.9 Å². The molecule has 0 radical (unpaired) electrons. The quantitative estimate of drug-likeness (QED) is 0.0846. The number of benzene rings is 5. The highest BCUT2D eigenvalue weighted by Gasteiger charge is 2.47. The van der Waals surface area contributed by atoms with Crippen LogP contribution in [0.5, 0.6) is 46.0 Å². The first-order chi connectivity index (χ1) is 42.5. The van der Waals surface area contributed by atoms with Crippen molar-refractivity contribution in [2.45, 2.75) is 112 Å². The predicted molar refractivity (Wildman–Crippen MR) is 308 cm³/mol. The second-order valence-electron chi connectivity index (χ2n) is 21.9. The lowest BCUT2D eigenvalue weighted by Gasteiger charge is -2.39. The van der Waals surface area contributed by atoms with E-state index in [4.69, 9.17) is 53.6 Å². The zero-order valence-corrected chi connectivity index (χ0v) is 48.6. The average molecular weight is 1290 g/mol. The standard InChI is InChI=1S/C58H60Cl2N8O22/c1-19(2)9-29(61)51(79)67-43-45(74)21-4-7-33(27(59)11-21)87-35-13-23-14-36(50(35)90-58-49(78)48(77)47(76)37(18-69)89-58)88-34-8-5-22(12-28(34)60)46(75)44-56(84)66-42(57(85)86)26-15-24(70)16-32(72)39(26)25-10-20(3-6-31(25)71)40(53(81)68-44)65-54(82)41(23)64-52(80)30(17-38(62)73)63-55(43)83/h3-8,10-16,19,29-30,37,40-49,58,69-72,74-78H,9,17-18,61H2,1-2H3,(H2,62,73)(H,63,83)(H,64,80)(H,65,82)(H,66,84)(H,67,79)(H,68,81)(H,85,86)/t29-,30+,37?,40-,41-,42+,43-,44+,45-,46-,47?,48?,49?,58?/m1/s1. The SMILES string of the molecule is CC(C)C[C@@H](N)C(=O)N[C@H]1C(=O)N[C@@H](CC(N)=O)C(=O)N[C@H]2C(=O)N[C@H]3C(=O)N[C@H](C(=O)N[C@H](C(=O)O)c4cc(O)cc(O)c4-c4cc3ccc4O)[C@H](O)c3ccc(c(Cl)c3)Oc3cc2cc(c3OC2OC(CO)C(O)C(O)C2O)Oc2ccc(cc2Cl)[C@H]1O. The molecule has 0 saturated carbocycles. The van der Waals surface area contributed by atoms with E-state index in [0.29, 0.717) is 0 Å². The van der Waals surface area contributed by atoms with E-state index in [1.807, 2.05) is 0 Å². The molecule has 6 aliphatic rings. The normalized spacial score (nSPS) is 26.4. The van der Waals surface area contributed by atoms with E-state index in [0.717, 1.165) is 72.8 Å². The molecule has 0 spiro atoms. The Labute approximate surface area is 518 Å². The number of carboxylic acid groups (broad SMARTS) is 1. The van der Waals surface area contributed by atoms with Crippen LogP contribution in [0.25, 0.3) is 11.1 Å². The van der Waals surface area contributed by atoms with Crippen molar-refractivity contribution in [3.05, 3.63) is 117 Å². The number of phenols is 3. The fraction of sp³-hybridized carbons (Fsp3) is 0.345. The van der Waals surface area contributed by atoms with Crippen LogP contribution in [0.3, 0.4) is 0 Å². The Kier molecular flexibility index (Phi) is 19.3. The Bertz CT molecular complexity index is 3710. The van der Waals surface area contributed by atoms with Crippen molar-refractivity contribution in [3.8, 4) is 57.1 Å². The summed E-state index contributed by atoms with van der Waals surface area (Å²) in [7, 11) is 0. The minimum Gasteiger partial charge on any atom is -0.508 e. The highest BCUT2D eigenvalue weighted by molar-refractivity contribution is 6.32. The van der Waals surface area contributed by atoms with Gasteiger partial charge in [-0.3, -0.25) is 33.6 Å². The lowest BCUT2D eigenvalue weighted by Crippen LogP contribution is -2.60. The van der Waals surface area contributed by atoms with Gasteiger partial charge in [-0.1, -0.05) is 55.2 Å². The lowest BCUT2D eigenvalue weighted by atomic mass is 9.89. The van der Waals surface area contributed by atoms with Crippen LogP contribution < -0.4 is 57.6 Å². The number of hydrogen-bond acceptors (Lipinski definition) is 22. The summed E-state index contributed by atoms with van der Waals surface area (Å²) in [5.74, 6) is -16.2. The summed E-state index contributed by atoms with van der Waals surface area (Å²) >= 11 is 13.8. The molecule has 5 aromatic carbocycles. The molecule has 90 heavy (non-hydrogen) atoms. The number of nitrogens with one attached hydrogen (secondary N) is 6. The van der Waals surface area contributed by atoms with Crippen molar-refractivity contribution < 1.29 is 108 Å². The monoisotopic (exact) mass is 1290 g/mol. The third kappa shape index (κ3) is 13.6. The maximum atomic E-state index is 15.7. The molecule has 20 N–H and O–H groups in total. The molecule has 1 fully saturated rings. The second-order valence-corrected chi connectivity index (χ2v) is 22.8. The minimum atomic E-state index is -2.32. The number of phenolic OH excluding ortho intramolecular Hbond substituents is 3. The number of halogens is 2. The maximum absolute atomic E-state index is 15.7. The zero-order valence-electron chi connectivity index (χ0n) is 47.1. The van der Waals surface area contributed by atoms with E-state index >= 15 is 14.4 Å². The third-order valence-electron chi connectivity index (χ3n) is 15.1. The molecule has 5 unspecified atom stereocenters. The number of amides is 7. The number of aliphatic hydroxyl groups excluding tert-OH is 6. The molecule has 6 heterocycles. The summed E-state index contributed by atoms with van der Waals surface area (Å²) in [5.41, 5.74) is 9.00. The predicted octanol–water partition coefficient (Wildman–Crippen LogP) is -0.392. The number of carbonyl (C=O) groups is 8. The van der Waals surface area contributed by atoms with Gasteiger partial charge < -0.3 is 113 Å². The van der Waals surface area contributed by atoms with Gasteiger partial charge in [0.05, 0.1) is 29.1 Å². The van der Waals surface area contributed by atoms with Crippen LogP contribution in [0.15, 0.2) is 78.9 Å². The summed E-state index contributed by atoms with van der Waals surface area (Å²) in [5, 5.41) is 125. The van der Waals surface area contributed by atoms with Gasteiger partial charge in [0.2, 0.25) is 53.4 Å². The van der Waals surface area contributed by atoms with Crippen LogP contribution in [0, 0.1) is 5.92 Å². The molecule has 14 atom stereocenters. The van der Waals surface area contributed by atoms with Crippen molar-refractivity contribution in [2.24, 2.45) is 17.4 Å². The molecule has 5 aromatic rings. The van der Waals surface area contributed by atoms with Gasteiger partial charge >= 0.3 is 5.97 Å². The smallest absolute Gasteiger partial charge is 0.330 e. The average Bonchev–Trinajstić information content (AvgIpc) is 1.21. The fourth-order valence-corrected chi connectivity index (χ4v) is 11.0. The van der Waals surface area contributed by atoms with E-state index in [9.17, 15) is 75.0 Å². The number of nitrogens with two attached hydrogens (primary N) is 2. The summed E-state index contributed by atoms with van der Waals surface area (Å²) in [6, 6.07) is -1.11. The Hall–Kier alpha value is -9.08. The van der Waals surface area contributed by atoms with Gasteiger partial charge in [0.1, 0.15) is 95.6 Å². The van der Waals surface area contributed by atoms with Crippen molar-refractivity contribution >= 4 is 70.5 Å². The first-order valence-electron chi connectivity index (χ1n) is 27.5. The Balaban J connectivity index is 1.32. The van der Waals surface area contributed by atoms with Gasteiger partial charge in [0.15, 0.2) is 17.5 Å². The zero-order chi connectivity index (χ0) is 65.5. The van der Waals surface area contributed by atoms with Crippen LogP contribution in [-0.4, -0.2) is 160 Å². The number of ether oxygens (including phenoxy) is 4. The second kappa shape index (κ2) is 26.6. The van der Waals surface area contributed by atoms with Crippen LogP contribution in [0.1, 0.15) is 84.8 Å². The number of aliphatic hydroxyl groups is 6. The van der Waals surface area contributed by atoms with Crippen molar-refractivity contribution in [3.63, 3.8) is 0 Å². The van der Waals surface area contributed by atoms with E-state index in [1.54, 1.807) is 13.8 Å². The molecule has 11 bridgehead atoms. The van der Waals surface area contributed by atoms with Gasteiger partial charge in [0, 0.05) is 22.8 Å². The van der Waals surface area contributed by atoms with Gasteiger partial charge in [0.25, 0.3) is 0 Å².